The van der Waals surface area contributed by atoms with Crippen LogP contribution in [0.4, 0.5) is 0 Å². The van der Waals surface area contributed by atoms with E-state index in [1.54, 1.807) is 6.07 Å². The van der Waals surface area contributed by atoms with Crippen LogP contribution in [-0.2, 0) is 20.0 Å². The van der Waals surface area contributed by atoms with Crippen molar-refractivity contribution in [1.82, 2.24) is 5.32 Å². The molecule has 1 aliphatic heterocycles. The first-order chi connectivity index (χ1) is 16.0. The first-order valence-electron chi connectivity index (χ1n) is 11.4. The van der Waals surface area contributed by atoms with Gasteiger partial charge in [-0.1, -0.05) is 57.0 Å². The lowest BCUT2D eigenvalue weighted by Gasteiger charge is -2.36. The monoisotopic (exact) mass is 511 g/mol. The summed E-state index contributed by atoms with van der Waals surface area (Å²) in [5, 5.41) is 3.69. The van der Waals surface area contributed by atoms with E-state index in [-0.39, 0.29) is 28.8 Å². The van der Waals surface area contributed by atoms with Gasteiger partial charge < -0.3 is 9.47 Å². The van der Waals surface area contributed by atoms with Gasteiger partial charge in [-0.05, 0) is 30.0 Å². The largest absolute Gasteiger partial charge is 0.493 e. The standard InChI is InChI=1S/C24H33NO7S2/c1-4-6-12-24(5-2)17-33(26,27)22-16-21(32-13-14-34(28,29)30)20(31-3)15-19(22)23(25-24)18-10-8-7-9-11-18/h7-11,15-16,23,25H,4-6,12-14,17H2,1-3H3,(H,28,29,30)/t23-,24-/m1/s1. The van der Waals surface area contributed by atoms with E-state index in [9.17, 15) is 16.8 Å². The smallest absolute Gasteiger partial charge is 0.268 e. The second-order valence-corrected chi connectivity index (χ2v) is 12.2. The van der Waals surface area contributed by atoms with Crippen LogP contribution in [0.15, 0.2) is 47.4 Å². The van der Waals surface area contributed by atoms with Crippen LogP contribution in [0.3, 0.4) is 0 Å². The Labute approximate surface area is 202 Å². The first kappa shape index (κ1) is 26.5. The number of nitrogens with one attached hydrogen (secondary N) is 1. The molecule has 0 bridgehead atoms. The maximum absolute atomic E-state index is 13.7. The zero-order chi connectivity index (χ0) is 25.0. The second-order valence-electron chi connectivity index (χ2n) is 8.66. The van der Waals surface area contributed by atoms with E-state index in [2.05, 4.69) is 12.2 Å². The number of hydrogen-bond acceptors (Lipinski definition) is 7. The SMILES string of the molecule is CCCC[C@]1(CC)CS(=O)(=O)c2cc(OCCS(=O)(=O)O)c(OC)cc2[C@@H](c2ccccc2)N1. The molecule has 2 atom stereocenters. The average molecular weight is 512 g/mol. The molecule has 34 heavy (non-hydrogen) atoms. The lowest BCUT2D eigenvalue weighted by atomic mass is 9.88. The Bertz CT molecular complexity index is 1200. The van der Waals surface area contributed by atoms with Gasteiger partial charge in [0.1, 0.15) is 12.4 Å². The summed E-state index contributed by atoms with van der Waals surface area (Å²) in [6.07, 6.45) is 3.19. The molecule has 0 radical (unpaired) electrons. The van der Waals surface area contributed by atoms with E-state index >= 15 is 0 Å². The molecule has 0 spiro atoms. The summed E-state index contributed by atoms with van der Waals surface area (Å²) in [5.41, 5.74) is 0.863. The molecular formula is C24H33NO7S2. The van der Waals surface area contributed by atoms with Gasteiger partial charge in [-0.2, -0.15) is 8.42 Å². The highest BCUT2D eigenvalue weighted by Crippen LogP contribution is 2.42. The molecule has 0 saturated carbocycles. The lowest BCUT2D eigenvalue weighted by molar-refractivity contribution is 0.293. The Kier molecular flexibility index (Phi) is 8.28. The van der Waals surface area contributed by atoms with E-state index in [1.807, 2.05) is 37.3 Å². The summed E-state index contributed by atoms with van der Waals surface area (Å²) < 4.78 is 69.6. The predicted molar refractivity (Wildman–Crippen MR) is 131 cm³/mol. The highest BCUT2D eigenvalue weighted by atomic mass is 32.2. The summed E-state index contributed by atoms with van der Waals surface area (Å²) in [6, 6.07) is 12.3. The van der Waals surface area contributed by atoms with Crippen LogP contribution in [0.1, 0.15) is 56.7 Å². The van der Waals surface area contributed by atoms with Crippen LogP contribution in [0.2, 0.25) is 0 Å². The van der Waals surface area contributed by atoms with E-state index < -0.39 is 37.3 Å². The molecule has 1 heterocycles. The molecule has 2 aromatic rings. The van der Waals surface area contributed by atoms with Crippen LogP contribution in [0, 0.1) is 0 Å². The van der Waals surface area contributed by atoms with E-state index in [0.717, 1.165) is 18.4 Å². The van der Waals surface area contributed by atoms with Gasteiger partial charge in [0, 0.05) is 11.6 Å². The fraction of sp³-hybridized carbons (Fsp3) is 0.500. The molecule has 10 heteroatoms. The Morgan fingerprint density at radius 2 is 1.85 bits per heavy atom. The molecule has 0 unspecified atom stereocenters. The number of fused-ring (bicyclic) bond motifs is 1. The summed E-state index contributed by atoms with van der Waals surface area (Å²) in [5.74, 6) is -0.296. The van der Waals surface area contributed by atoms with Crippen molar-refractivity contribution >= 4 is 20.0 Å². The third-order valence-electron chi connectivity index (χ3n) is 6.28. The average Bonchev–Trinajstić information content (AvgIpc) is 2.89. The number of benzene rings is 2. The summed E-state index contributed by atoms with van der Waals surface area (Å²) in [7, 11) is -6.53. The third kappa shape index (κ3) is 6.10. The third-order valence-corrected chi connectivity index (χ3v) is 8.92. The van der Waals surface area contributed by atoms with E-state index in [4.69, 9.17) is 14.0 Å². The second kappa shape index (κ2) is 10.6. The molecule has 0 saturated heterocycles. The fourth-order valence-corrected chi connectivity index (χ4v) is 6.83. The molecule has 0 amide bonds. The van der Waals surface area contributed by atoms with Crippen molar-refractivity contribution in [3.05, 3.63) is 53.6 Å². The molecule has 2 aromatic carbocycles. The maximum Gasteiger partial charge on any atom is 0.268 e. The van der Waals surface area contributed by atoms with Gasteiger partial charge in [0.2, 0.25) is 0 Å². The van der Waals surface area contributed by atoms with Crippen molar-refractivity contribution in [2.24, 2.45) is 0 Å². The molecule has 1 aliphatic rings. The molecule has 188 valence electrons. The van der Waals surface area contributed by atoms with Crippen LogP contribution < -0.4 is 14.8 Å². The van der Waals surface area contributed by atoms with Gasteiger partial charge in [0.25, 0.3) is 10.1 Å². The zero-order valence-electron chi connectivity index (χ0n) is 19.8. The highest BCUT2D eigenvalue weighted by molar-refractivity contribution is 7.91. The number of methoxy groups -OCH3 is 1. The number of hydrogen-bond donors (Lipinski definition) is 2. The first-order valence-corrected chi connectivity index (χ1v) is 14.7. The van der Waals surface area contributed by atoms with Crippen molar-refractivity contribution in [2.45, 2.75) is 56.0 Å². The van der Waals surface area contributed by atoms with Gasteiger partial charge >= 0.3 is 0 Å². The normalized spacial score (nSPS) is 21.9. The lowest BCUT2D eigenvalue weighted by Crippen LogP contribution is -2.50. The molecule has 0 aromatic heterocycles. The van der Waals surface area contributed by atoms with Crippen LogP contribution in [0.5, 0.6) is 11.5 Å². The van der Waals surface area contributed by atoms with Crippen molar-refractivity contribution in [1.29, 1.82) is 0 Å². The fourth-order valence-electron chi connectivity index (χ4n) is 4.40. The Hall–Kier alpha value is -2.14. The van der Waals surface area contributed by atoms with Crippen molar-refractivity contribution < 1.29 is 30.9 Å². The van der Waals surface area contributed by atoms with Crippen molar-refractivity contribution in [3.63, 3.8) is 0 Å². The minimum absolute atomic E-state index is 0.0659. The van der Waals surface area contributed by atoms with Crippen LogP contribution in [-0.4, -0.2) is 52.1 Å². The molecule has 0 fully saturated rings. The van der Waals surface area contributed by atoms with Gasteiger partial charge in [-0.15, -0.1) is 0 Å². The predicted octanol–water partition coefficient (Wildman–Crippen LogP) is 3.77. The minimum atomic E-state index is -4.23. The number of unbranched alkanes of at least 4 members (excludes halogenated alkanes) is 1. The number of ether oxygens (including phenoxy) is 2. The summed E-state index contributed by atoms with van der Waals surface area (Å²) >= 11 is 0. The van der Waals surface area contributed by atoms with Crippen LogP contribution >= 0.6 is 0 Å². The van der Waals surface area contributed by atoms with Crippen LogP contribution in [0.25, 0.3) is 0 Å². The van der Waals surface area contributed by atoms with E-state index in [1.165, 1.54) is 13.2 Å². The topological polar surface area (TPSA) is 119 Å². The molecule has 8 nitrogen and oxygen atoms in total. The molecule has 3 rings (SSSR count). The minimum Gasteiger partial charge on any atom is -0.493 e. The summed E-state index contributed by atoms with van der Waals surface area (Å²) in [6.45, 7) is 3.74. The number of sulfone groups is 1. The zero-order valence-corrected chi connectivity index (χ0v) is 21.4. The van der Waals surface area contributed by atoms with Gasteiger partial charge in [0.15, 0.2) is 21.3 Å². The van der Waals surface area contributed by atoms with Gasteiger partial charge in [-0.25, -0.2) is 8.42 Å². The summed E-state index contributed by atoms with van der Waals surface area (Å²) in [4.78, 5) is 0.128. The van der Waals surface area contributed by atoms with Crippen molar-refractivity contribution in [2.75, 3.05) is 25.2 Å². The Morgan fingerprint density at radius 1 is 1.15 bits per heavy atom. The quantitative estimate of drug-likeness (QED) is 0.463. The van der Waals surface area contributed by atoms with Gasteiger partial charge in [0.05, 0.1) is 23.8 Å². The molecular weight excluding hydrogens is 478 g/mol. The highest BCUT2D eigenvalue weighted by Gasteiger charge is 2.42. The Balaban J connectivity index is 2.17. The van der Waals surface area contributed by atoms with E-state index in [0.29, 0.717) is 18.4 Å². The molecule has 0 aliphatic carbocycles. The van der Waals surface area contributed by atoms with Gasteiger partial charge in [-0.3, -0.25) is 9.87 Å². The maximum atomic E-state index is 13.7. The van der Waals surface area contributed by atoms with Crippen molar-refractivity contribution in [3.8, 4) is 11.5 Å². The Morgan fingerprint density at radius 3 is 2.44 bits per heavy atom. The number of rotatable bonds is 10. The molecule has 2 N–H and O–H groups in total.